The molecule has 3 atom stereocenters. The van der Waals surface area contributed by atoms with Crippen molar-refractivity contribution in [3.63, 3.8) is 0 Å². The second kappa shape index (κ2) is 9.79. The fraction of sp³-hybridized carbons (Fsp3) is 0.333. The third-order valence-electron chi connectivity index (χ3n) is 7.35. The summed E-state index contributed by atoms with van der Waals surface area (Å²) in [7, 11) is -1.49. The van der Waals surface area contributed by atoms with Crippen LogP contribution < -0.4 is 4.74 Å². The van der Waals surface area contributed by atoms with Crippen molar-refractivity contribution in [3.8, 4) is 11.4 Å². The zero-order valence-electron chi connectivity index (χ0n) is 21.6. The molecule has 39 heavy (non-hydrogen) atoms. The first-order valence-electron chi connectivity index (χ1n) is 12.8. The van der Waals surface area contributed by atoms with E-state index in [1.807, 2.05) is 43.5 Å². The van der Waals surface area contributed by atoms with E-state index in [4.69, 9.17) is 4.74 Å². The van der Waals surface area contributed by atoms with Gasteiger partial charge in [0.15, 0.2) is 0 Å². The molecule has 0 amide bonds. The molecule has 6 rings (SSSR count). The lowest BCUT2D eigenvalue weighted by Crippen LogP contribution is -2.34. The Morgan fingerprint density at radius 1 is 1.15 bits per heavy atom. The molecule has 12 heteroatoms. The highest BCUT2D eigenvalue weighted by Crippen LogP contribution is 2.58. The number of rotatable bonds is 7. The molecule has 1 saturated carbocycles. The van der Waals surface area contributed by atoms with Crippen molar-refractivity contribution in [2.75, 3.05) is 6.54 Å². The largest absolute Gasteiger partial charge is 0.487 e. The van der Waals surface area contributed by atoms with Crippen LogP contribution in [0.25, 0.3) is 5.69 Å². The number of hydrogen-bond donors (Lipinski definition) is 3. The first-order chi connectivity index (χ1) is 18.8. The molecule has 4 aromatic rings. The minimum atomic E-state index is -3.30. The molecule has 11 nitrogen and oxygen atoms in total. The van der Waals surface area contributed by atoms with Gasteiger partial charge in [-0.25, -0.2) is 9.48 Å². The Bertz CT molecular complexity index is 1530. The molecule has 1 aliphatic carbocycles. The van der Waals surface area contributed by atoms with Crippen molar-refractivity contribution in [2.45, 2.75) is 49.1 Å². The number of ether oxygens (including phenoxy) is 1. The first kappa shape index (κ1) is 25.6. The smallest absolute Gasteiger partial charge is 0.339 e. The molecule has 2 aliphatic rings. The molecule has 2 aromatic heterocycles. The van der Waals surface area contributed by atoms with E-state index in [2.05, 4.69) is 15.4 Å². The number of nitrogens with zero attached hydrogens (tertiary/aromatic N) is 6. The van der Waals surface area contributed by atoms with Crippen LogP contribution >= 0.6 is 10.8 Å². The van der Waals surface area contributed by atoms with Crippen LogP contribution in [0.3, 0.4) is 0 Å². The number of hydrogen-bond acceptors (Lipinski definition) is 8. The molecule has 3 unspecified atom stereocenters. The third kappa shape index (κ3) is 4.69. The molecule has 2 aromatic carbocycles. The Balaban J connectivity index is 1.32. The van der Waals surface area contributed by atoms with Crippen LogP contribution in [0.1, 0.15) is 58.9 Å². The lowest BCUT2D eigenvalue weighted by Gasteiger charge is -2.41. The standard InChI is InChI=1S/C27H30N6O5S/c1-3-19-15-32(39(36,37)25-10-5-4-9-24(25)38-19)14-17-7-6-8-18(11-17)33-26(22(13-28-33)27(34)35)21-12-20(21)23-16-31(2)30-29-23/h4-11,13,16,19-21,36-37H,3,12,14-15H2,1-2H3,(H,34,35). The summed E-state index contributed by atoms with van der Waals surface area (Å²) in [6.45, 7) is 2.61. The minimum Gasteiger partial charge on any atom is -0.487 e. The van der Waals surface area contributed by atoms with E-state index in [1.54, 1.807) is 38.9 Å². The van der Waals surface area contributed by atoms with Crippen LogP contribution in [-0.2, 0) is 13.6 Å². The van der Waals surface area contributed by atoms with Gasteiger partial charge < -0.3 is 9.84 Å². The number of carbonyl (C=O) groups is 1. The molecule has 1 aliphatic heterocycles. The number of carboxylic acid groups (broad SMARTS) is 1. The van der Waals surface area contributed by atoms with Gasteiger partial charge in [-0.1, -0.05) is 36.4 Å². The van der Waals surface area contributed by atoms with Gasteiger partial charge in [0.05, 0.1) is 29.8 Å². The van der Waals surface area contributed by atoms with Gasteiger partial charge in [-0.3, -0.25) is 13.8 Å². The van der Waals surface area contributed by atoms with E-state index in [1.165, 1.54) is 6.20 Å². The van der Waals surface area contributed by atoms with Gasteiger partial charge in [-0.05, 0) is 42.7 Å². The maximum Gasteiger partial charge on any atom is 0.339 e. The Kier molecular flexibility index (Phi) is 6.42. The zero-order chi connectivity index (χ0) is 27.3. The number of benzene rings is 2. The van der Waals surface area contributed by atoms with E-state index in [9.17, 15) is 19.0 Å². The van der Waals surface area contributed by atoms with Crippen LogP contribution in [0.5, 0.6) is 5.75 Å². The lowest BCUT2D eigenvalue weighted by molar-refractivity contribution is 0.0695. The van der Waals surface area contributed by atoms with Crippen molar-refractivity contribution in [3.05, 3.63) is 83.4 Å². The van der Waals surface area contributed by atoms with Gasteiger partial charge in [0.25, 0.3) is 0 Å². The molecule has 0 bridgehead atoms. The molecular formula is C27H30N6O5S. The second-order valence-electron chi connectivity index (χ2n) is 10.0. The predicted octanol–water partition coefficient (Wildman–Crippen LogP) is 4.67. The highest BCUT2D eigenvalue weighted by molar-refractivity contribution is 8.22. The average molecular weight is 551 g/mol. The summed E-state index contributed by atoms with van der Waals surface area (Å²) in [6, 6.07) is 14.6. The fourth-order valence-electron chi connectivity index (χ4n) is 5.26. The Hall–Kier alpha value is -3.71. The van der Waals surface area contributed by atoms with E-state index in [-0.39, 0.29) is 30.0 Å². The van der Waals surface area contributed by atoms with Gasteiger partial charge in [0.2, 0.25) is 0 Å². The third-order valence-corrected chi connectivity index (χ3v) is 9.28. The van der Waals surface area contributed by atoms with Crippen LogP contribution in [0.15, 0.2) is 65.8 Å². The van der Waals surface area contributed by atoms with Crippen molar-refractivity contribution in [1.82, 2.24) is 29.1 Å². The monoisotopic (exact) mass is 550 g/mol. The summed E-state index contributed by atoms with van der Waals surface area (Å²) in [5, 5.41) is 22.6. The Morgan fingerprint density at radius 2 is 1.97 bits per heavy atom. The molecule has 0 radical (unpaired) electrons. The van der Waals surface area contributed by atoms with Gasteiger partial charge in [-0.15, -0.1) is 15.9 Å². The van der Waals surface area contributed by atoms with Gasteiger partial charge in [0.1, 0.15) is 22.3 Å². The van der Waals surface area contributed by atoms with Crippen LogP contribution in [0.4, 0.5) is 0 Å². The zero-order valence-corrected chi connectivity index (χ0v) is 22.4. The maximum atomic E-state index is 12.1. The molecule has 3 N–H and O–H groups in total. The summed E-state index contributed by atoms with van der Waals surface area (Å²) in [6.07, 6.45) is 4.52. The number of aromatic carboxylic acids is 1. The number of aryl methyl sites for hydroxylation is 1. The fourth-order valence-corrected chi connectivity index (χ4v) is 6.89. The van der Waals surface area contributed by atoms with Gasteiger partial charge in [0, 0.05) is 31.6 Å². The van der Waals surface area contributed by atoms with Gasteiger partial charge in [-0.2, -0.15) is 9.40 Å². The summed E-state index contributed by atoms with van der Waals surface area (Å²) in [4.78, 5) is 12.5. The molecule has 1 fully saturated rings. The highest BCUT2D eigenvalue weighted by Gasteiger charge is 2.46. The SMILES string of the molecule is CCC1CN(Cc2cccc(-n3ncc(C(=O)O)c3C3CC3c3cn(C)nn3)c2)S(O)(O)c2ccccc2O1. The van der Waals surface area contributed by atoms with E-state index in [0.717, 1.165) is 17.7 Å². The molecule has 204 valence electrons. The normalized spacial score (nSPS) is 22.9. The van der Waals surface area contributed by atoms with E-state index >= 15 is 0 Å². The highest BCUT2D eigenvalue weighted by atomic mass is 32.3. The summed E-state index contributed by atoms with van der Waals surface area (Å²) in [5.74, 6) is -0.507. The Labute approximate surface area is 227 Å². The van der Waals surface area contributed by atoms with E-state index < -0.39 is 16.7 Å². The van der Waals surface area contributed by atoms with Crippen molar-refractivity contribution < 1.29 is 23.7 Å². The molecule has 3 heterocycles. The number of para-hydroxylation sites is 1. The summed E-state index contributed by atoms with van der Waals surface area (Å²) in [5.41, 5.74) is 3.16. The maximum absolute atomic E-state index is 12.1. The Morgan fingerprint density at radius 3 is 2.72 bits per heavy atom. The number of fused-ring (bicyclic) bond motifs is 1. The van der Waals surface area contributed by atoms with Crippen molar-refractivity contribution in [2.24, 2.45) is 7.05 Å². The minimum absolute atomic E-state index is 0.0458. The van der Waals surface area contributed by atoms with E-state index in [0.29, 0.717) is 35.0 Å². The lowest BCUT2D eigenvalue weighted by atomic mass is 10.1. The molecular weight excluding hydrogens is 520 g/mol. The second-order valence-corrected chi connectivity index (χ2v) is 12.0. The van der Waals surface area contributed by atoms with Crippen LogP contribution in [-0.4, -0.2) is 61.9 Å². The van der Waals surface area contributed by atoms with Crippen molar-refractivity contribution >= 4 is 16.7 Å². The predicted molar refractivity (Wildman–Crippen MR) is 144 cm³/mol. The summed E-state index contributed by atoms with van der Waals surface area (Å²) >= 11 is 0. The molecule has 0 saturated heterocycles. The number of carboxylic acids is 1. The van der Waals surface area contributed by atoms with Crippen LogP contribution in [0, 0.1) is 0 Å². The first-order valence-corrected chi connectivity index (χ1v) is 14.3. The average Bonchev–Trinajstić information content (AvgIpc) is 3.40. The topological polar surface area (TPSA) is 139 Å². The van der Waals surface area contributed by atoms with Crippen molar-refractivity contribution in [1.29, 1.82) is 0 Å². The molecule has 0 spiro atoms. The number of aromatic nitrogens is 5. The van der Waals surface area contributed by atoms with Crippen LogP contribution in [0.2, 0.25) is 0 Å². The quantitative estimate of drug-likeness (QED) is 0.300. The summed E-state index contributed by atoms with van der Waals surface area (Å²) < 4.78 is 33.8. The van der Waals surface area contributed by atoms with Gasteiger partial charge >= 0.3 is 5.97 Å².